The summed E-state index contributed by atoms with van der Waals surface area (Å²) >= 11 is 0. The highest BCUT2D eigenvalue weighted by Crippen LogP contribution is 2.30. The number of pyridine rings is 1. The van der Waals surface area contributed by atoms with Crippen LogP contribution in [0.25, 0.3) is 28.8 Å². The molecule has 2 aromatic heterocycles. The van der Waals surface area contributed by atoms with Crippen LogP contribution >= 0.6 is 7.82 Å². The van der Waals surface area contributed by atoms with Gasteiger partial charge in [0, 0.05) is 23.5 Å². The third-order valence-corrected chi connectivity index (χ3v) is 4.53. The molecule has 0 aliphatic carbocycles. The van der Waals surface area contributed by atoms with Crippen LogP contribution in [-0.2, 0) is 9.30 Å². The van der Waals surface area contributed by atoms with Gasteiger partial charge in [0.1, 0.15) is 17.6 Å². The largest absolute Gasteiger partial charge is 0.466 e. The number of aliphatic hydroxyl groups excluding tert-OH is 1. The number of benzene rings is 1. The summed E-state index contributed by atoms with van der Waals surface area (Å²) in [4.78, 5) is 40.3. The van der Waals surface area contributed by atoms with E-state index in [1.165, 1.54) is 35.1 Å². The molecule has 4 N–H and O–H groups in total. The molecule has 1 aliphatic rings. The highest BCUT2D eigenvalue weighted by Gasteiger charge is 2.35. The van der Waals surface area contributed by atoms with Crippen LogP contribution in [0.2, 0.25) is 0 Å². The van der Waals surface area contributed by atoms with Crippen LogP contribution in [0.1, 0.15) is 6.92 Å². The Kier molecular flexibility index (Phi) is 7.49. The summed E-state index contributed by atoms with van der Waals surface area (Å²) in [7, 11) is -4.64. The highest BCUT2D eigenvalue weighted by atomic mass is 31.2. The lowest BCUT2D eigenvalue weighted by Crippen LogP contribution is -2.29. The minimum absolute atomic E-state index is 0.157. The fourth-order valence-corrected chi connectivity index (χ4v) is 2.94. The summed E-state index contributed by atoms with van der Waals surface area (Å²) in [6.07, 6.45) is 0.848. The molecule has 3 heterocycles. The lowest BCUT2D eigenvalue weighted by atomic mass is 10.1. The fourth-order valence-electron chi connectivity index (χ4n) is 2.94. The first kappa shape index (κ1) is 25.1. The number of carbonyl (C=O) groups excluding carboxylic acids is 1. The number of cyclic esters (lactones) is 1. The van der Waals surface area contributed by atoms with Crippen LogP contribution < -0.4 is 4.90 Å². The van der Waals surface area contributed by atoms with Crippen LogP contribution in [-0.4, -0.2) is 69.8 Å². The van der Waals surface area contributed by atoms with Crippen molar-refractivity contribution in [2.24, 2.45) is 0 Å². The Morgan fingerprint density at radius 1 is 1.29 bits per heavy atom. The van der Waals surface area contributed by atoms with Gasteiger partial charge in [-0.1, -0.05) is 12.6 Å². The van der Waals surface area contributed by atoms with Gasteiger partial charge in [0.15, 0.2) is 0 Å². The number of anilines is 1. The molecule has 2 atom stereocenters. The second-order valence-corrected chi connectivity index (χ2v) is 8.03. The number of nitrogens with zero attached hydrogens (tertiary/aromatic N) is 6. The Morgan fingerprint density at radius 3 is 2.50 bits per heavy atom. The third-order valence-electron chi connectivity index (χ3n) is 4.53. The molecule has 3 aromatic rings. The number of aromatic nitrogens is 5. The molecule has 1 saturated heterocycles. The normalized spacial score (nSPS) is 16.5. The quantitative estimate of drug-likeness (QED) is 0.376. The predicted octanol–water partition coefficient (Wildman–Crippen LogP) is 1.42. The minimum Gasteiger partial charge on any atom is -0.441 e. The number of hydrogen-bond donors (Lipinski definition) is 4. The van der Waals surface area contributed by atoms with Gasteiger partial charge in [0.25, 0.3) is 0 Å². The number of tetrazole rings is 1. The summed E-state index contributed by atoms with van der Waals surface area (Å²) in [5.41, 5.74) is 1.73. The molecular weight excluding hydrogens is 474 g/mol. The standard InChI is InChI=1S/C19H17FN6O3.H3O4P/c1-3-26-23-18(22-24-26)16-7-4-12(9-21-16)14-6-5-13(8-15(14)20)25-10-17(11(2)27)29-19(25)28;1-5(2,3)4/h3-9,11,17,27H,1,10H2,2H3;(H3,1,2,3,4)/t11?,17-;/m1./s1. The van der Waals surface area contributed by atoms with Crippen molar-refractivity contribution < 1.29 is 38.3 Å². The van der Waals surface area contributed by atoms with E-state index in [-0.39, 0.29) is 6.54 Å². The van der Waals surface area contributed by atoms with Gasteiger partial charge in [-0.15, -0.1) is 15.0 Å². The minimum atomic E-state index is -4.64. The number of amides is 1. The van der Waals surface area contributed by atoms with Gasteiger partial charge in [0.2, 0.25) is 5.82 Å². The Morgan fingerprint density at radius 2 is 2.00 bits per heavy atom. The maximum atomic E-state index is 14.7. The van der Waals surface area contributed by atoms with Gasteiger partial charge in [-0.05, 0) is 36.4 Å². The molecule has 0 bridgehead atoms. The van der Waals surface area contributed by atoms with Crippen LogP contribution in [0.3, 0.4) is 0 Å². The average molecular weight is 494 g/mol. The van der Waals surface area contributed by atoms with Crippen molar-refractivity contribution in [3.05, 3.63) is 48.9 Å². The number of aliphatic hydroxyl groups is 1. The van der Waals surface area contributed by atoms with Crippen LogP contribution in [0.5, 0.6) is 0 Å². The zero-order valence-corrected chi connectivity index (χ0v) is 18.5. The summed E-state index contributed by atoms with van der Waals surface area (Å²) in [5.74, 6) is -0.187. The van der Waals surface area contributed by atoms with Crippen LogP contribution in [0.4, 0.5) is 14.9 Å². The van der Waals surface area contributed by atoms with Gasteiger partial charge in [-0.25, -0.2) is 13.8 Å². The van der Waals surface area contributed by atoms with E-state index < -0.39 is 31.9 Å². The first-order valence-electron chi connectivity index (χ1n) is 9.59. The van der Waals surface area contributed by atoms with Crippen molar-refractivity contribution in [1.29, 1.82) is 0 Å². The van der Waals surface area contributed by atoms with Crippen LogP contribution in [0.15, 0.2) is 43.1 Å². The van der Waals surface area contributed by atoms with Gasteiger partial charge >= 0.3 is 13.9 Å². The summed E-state index contributed by atoms with van der Waals surface area (Å²) in [6.45, 7) is 5.24. The van der Waals surface area contributed by atoms with E-state index in [0.717, 1.165) is 0 Å². The van der Waals surface area contributed by atoms with Crippen molar-refractivity contribution in [2.75, 3.05) is 11.4 Å². The molecule has 34 heavy (non-hydrogen) atoms. The van der Waals surface area contributed by atoms with Crippen molar-refractivity contribution in [2.45, 2.75) is 19.1 Å². The smallest absolute Gasteiger partial charge is 0.441 e. The Balaban J connectivity index is 0.000000588. The Hall–Kier alpha value is -3.55. The SMILES string of the molecule is C=Cn1nnc(-c2ccc(-c3ccc(N4C[C@H](C(C)O)OC4=O)cc3F)cn2)n1.O=P(O)(O)O. The first-order valence-corrected chi connectivity index (χ1v) is 11.2. The van der Waals surface area contributed by atoms with Gasteiger partial charge in [-0.2, -0.15) is 0 Å². The lowest BCUT2D eigenvalue weighted by Gasteiger charge is -2.15. The molecule has 1 aromatic carbocycles. The van der Waals surface area contributed by atoms with E-state index in [4.69, 9.17) is 24.0 Å². The van der Waals surface area contributed by atoms with E-state index >= 15 is 0 Å². The highest BCUT2D eigenvalue weighted by molar-refractivity contribution is 7.45. The van der Waals surface area contributed by atoms with Gasteiger partial charge < -0.3 is 24.5 Å². The predicted molar refractivity (Wildman–Crippen MR) is 116 cm³/mol. The van der Waals surface area contributed by atoms with Crippen molar-refractivity contribution in [1.82, 2.24) is 25.2 Å². The number of carbonyl (C=O) groups is 1. The summed E-state index contributed by atoms with van der Waals surface area (Å²) in [6, 6.07) is 7.80. The number of ether oxygens (including phenoxy) is 1. The fraction of sp³-hybridized carbons (Fsp3) is 0.211. The van der Waals surface area contributed by atoms with E-state index in [2.05, 4.69) is 27.0 Å². The first-order chi connectivity index (χ1) is 16.0. The molecule has 13 nitrogen and oxygen atoms in total. The average Bonchev–Trinajstić information content (AvgIpc) is 3.39. The molecule has 1 unspecified atom stereocenters. The van der Waals surface area contributed by atoms with Gasteiger partial charge in [-0.3, -0.25) is 9.88 Å². The summed E-state index contributed by atoms with van der Waals surface area (Å²) < 4.78 is 28.7. The van der Waals surface area contributed by atoms with Crippen molar-refractivity contribution in [3.63, 3.8) is 0 Å². The molecule has 1 aliphatic heterocycles. The molecule has 15 heteroatoms. The zero-order valence-electron chi connectivity index (χ0n) is 17.6. The monoisotopic (exact) mass is 494 g/mol. The number of halogens is 1. The Bertz CT molecular complexity index is 1220. The molecule has 1 amide bonds. The second kappa shape index (κ2) is 10.2. The molecule has 180 valence electrons. The number of rotatable bonds is 5. The number of hydrogen-bond acceptors (Lipinski definition) is 8. The number of phosphoric acid groups is 1. The van der Waals surface area contributed by atoms with Crippen molar-refractivity contribution in [3.8, 4) is 22.6 Å². The van der Waals surface area contributed by atoms with Crippen LogP contribution in [0, 0.1) is 5.82 Å². The molecule has 4 rings (SSSR count). The lowest BCUT2D eigenvalue weighted by molar-refractivity contribution is 0.0437. The Labute approximate surface area is 192 Å². The zero-order chi connectivity index (χ0) is 25.0. The molecular formula is C19H20FN6O7P. The van der Waals surface area contributed by atoms with E-state index in [0.29, 0.717) is 28.3 Å². The maximum absolute atomic E-state index is 14.7. The van der Waals surface area contributed by atoms with E-state index in [1.54, 1.807) is 24.3 Å². The second-order valence-electron chi connectivity index (χ2n) is 7.00. The molecule has 0 saturated carbocycles. The van der Waals surface area contributed by atoms with E-state index in [9.17, 15) is 14.3 Å². The van der Waals surface area contributed by atoms with Crippen molar-refractivity contribution >= 4 is 25.8 Å². The topological polar surface area (TPSA) is 184 Å². The summed E-state index contributed by atoms with van der Waals surface area (Å²) in [5, 5.41) is 21.3. The molecule has 0 spiro atoms. The maximum Gasteiger partial charge on any atom is 0.466 e. The third kappa shape index (κ3) is 6.27. The molecule has 1 fully saturated rings. The van der Waals surface area contributed by atoms with E-state index in [1.807, 2.05) is 0 Å². The van der Waals surface area contributed by atoms with Gasteiger partial charge in [0.05, 0.1) is 18.3 Å². The molecule has 0 radical (unpaired) electrons.